The monoisotopic (exact) mass is 326 g/mol. The number of ether oxygens (including phenoxy) is 2. The van der Waals surface area contributed by atoms with Crippen LogP contribution in [0, 0.1) is 0 Å². The van der Waals surface area contributed by atoms with Gasteiger partial charge >= 0.3 is 12.1 Å². The van der Waals surface area contributed by atoms with E-state index in [9.17, 15) is 18.0 Å². The summed E-state index contributed by atoms with van der Waals surface area (Å²) in [7, 11) is 0. The normalized spacial score (nSPS) is 11.9. The first-order valence-electron chi connectivity index (χ1n) is 6.35. The van der Waals surface area contributed by atoms with E-state index in [0.29, 0.717) is 0 Å². The number of carboxylic acid groups (broad SMARTS) is 1. The van der Waals surface area contributed by atoms with Crippen molar-refractivity contribution in [1.29, 1.82) is 0 Å². The maximum atomic E-state index is 11.8. The van der Waals surface area contributed by atoms with Crippen LogP contribution in [0.4, 0.5) is 13.2 Å². The minimum atomic E-state index is -4.34. The van der Waals surface area contributed by atoms with Crippen LogP contribution in [0.25, 0.3) is 0 Å². The lowest BCUT2D eigenvalue weighted by molar-refractivity contribution is -0.174. The Balaban J connectivity index is 2.43. The van der Waals surface area contributed by atoms with Gasteiger partial charge in [0.1, 0.15) is 12.4 Å². The van der Waals surface area contributed by atoms with Crippen molar-refractivity contribution in [1.82, 2.24) is 0 Å². The van der Waals surface area contributed by atoms with Crippen molar-refractivity contribution in [2.45, 2.75) is 32.4 Å². The van der Waals surface area contributed by atoms with Gasteiger partial charge < -0.3 is 14.6 Å². The molecule has 1 aromatic rings. The third-order valence-electron chi connectivity index (χ3n) is 2.44. The van der Waals surface area contributed by atoms with Gasteiger partial charge in [0, 0.05) is 11.3 Å². The van der Waals surface area contributed by atoms with Crippen molar-refractivity contribution in [3.05, 3.63) is 15.8 Å². The summed E-state index contributed by atoms with van der Waals surface area (Å²) in [5.41, 5.74) is 0. The molecule has 1 N–H and O–H groups in total. The Morgan fingerprint density at radius 3 is 2.57 bits per heavy atom. The second kappa shape index (κ2) is 7.65. The molecule has 0 aliphatic heterocycles. The molecule has 21 heavy (non-hydrogen) atoms. The zero-order valence-corrected chi connectivity index (χ0v) is 12.5. The number of rotatable bonds is 8. The minimum Gasteiger partial charge on any atom is -0.492 e. The molecule has 0 amide bonds. The van der Waals surface area contributed by atoms with Crippen LogP contribution in [-0.2, 0) is 4.74 Å². The average Bonchev–Trinajstić information content (AvgIpc) is 2.76. The molecule has 0 aliphatic rings. The number of thiophene rings is 1. The summed E-state index contributed by atoms with van der Waals surface area (Å²) in [5.74, 6) is -0.636. The second-order valence-electron chi connectivity index (χ2n) is 4.67. The molecule has 0 spiro atoms. The highest BCUT2D eigenvalue weighted by Gasteiger charge is 2.27. The van der Waals surface area contributed by atoms with Crippen molar-refractivity contribution >= 4 is 17.3 Å². The number of aromatic carboxylic acids is 1. The molecule has 1 aromatic heterocycles. The molecule has 8 heteroatoms. The van der Waals surface area contributed by atoms with Crippen molar-refractivity contribution in [3.63, 3.8) is 0 Å². The van der Waals surface area contributed by atoms with Crippen LogP contribution in [0.15, 0.2) is 6.07 Å². The molecular formula is C13H17F3O4S. The van der Waals surface area contributed by atoms with Gasteiger partial charge in [0.05, 0.1) is 13.2 Å². The van der Waals surface area contributed by atoms with Crippen LogP contribution in [-0.4, -0.2) is 37.1 Å². The summed E-state index contributed by atoms with van der Waals surface area (Å²) < 4.78 is 45.3. The zero-order valence-electron chi connectivity index (χ0n) is 11.7. The molecule has 0 aliphatic carbocycles. The van der Waals surface area contributed by atoms with Gasteiger partial charge in [-0.2, -0.15) is 13.2 Å². The Morgan fingerprint density at radius 2 is 2.05 bits per heavy atom. The molecule has 0 saturated carbocycles. The number of carboxylic acids is 1. The first kappa shape index (κ1) is 17.8. The lowest BCUT2D eigenvalue weighted by Gasteiger charge is -2.08. The van der Waals surface area contributed by atoms with E-state index in [0.717, 1.165) is 16.2 Å². The van der Waals surface area contributed by atoms with Gasteiger partial charge in [-0.15, -0.1) is 11.3 Å². The highest BCUT2D eigenvalue weighted by Crippen LogP contribution is 2.33. The van der Waals surface area contributed by atoms with E-state index in [1.54, 1.807) is 6.07 Å². The summed E-state index contributed by atoms with van der Waals surface area (Å²) in [5, 5.41) is 9.07. The van der Waals surface area contributed by atoms with Crippen LogP contribution in [0.5, 0.6) is 5.75 Å². The van der Waals surface area contributed by atoms with Crippen molar-refractivity contribution in [2.24, 2.45) is 0 Å². The highest BCUT2D eigenvalue weighted by molar-refractivity contribution is 7.14. The predicted octanol–water partition coefficient (Wildman–Crippen LogP) is 3.92. The minimum absolute atomic E-state index is 0.0942. The first-order valence-corrected chi connectivity index (χ1v) is 7.16. The largest absolute Gasteiger partial charge is 0.492 e. The smallest absolute Gasteiger partial charge is 0.411 e. The van der Waals surface area contributed by atoms with Gasteiger partial charge in [-0.25, -0.2) is 4.79 Å². The van der Waals surface area contributed by atoms with Crippen molar-refractivity contribution in [3.8, 4) is 5.75 Å². The molecule has 0 unspecified atom stereocenters. The zero-order chi connectivity index (χ0) is 16.0. The summed E-state index contributed by atoms with van der Waals surface area (Å²) in [4.78, 5) is 12.1. The van der Waals surface area contributed by atoms with E-state index in [4.69, 9.17) is 9.84 Å². The van der Waals surface area contributed by atoms with Crippen LogP contribution in [0.3, 0.4) is 0 Å². The molecule has 0 saturated heterocycles. The Morgan fingerprint density at radius 1 is 1.38 bits per heavy atom. The molecule has 0 bridgehead atoms. The Bertz CT molecular complexity index is 468. The molecular weight excluding hydrogens is 309 g/mol. The fourth-order valence-corrected chi connectivity index (χ4v) is 2.41. The lowest BCUT2D eigenvalue weighted by Crippen LogP contribution is -2.18. The molecule has 0 aromatic carbocycles. The van der Waals surface area contributed by atoms with E-state index >= 15 is 0 Å². The van der Waals surface area contributed by atoms with Gasteiger partial charge in [0.2, 0.25) is 0 Å². The predicted molar refractivity (Wildman–Crippen MR) is 72.4 cm³/mol. The first-order chi connectivity index (χ1) is 9.70. The van der Waals surface area contributed by atoms with E-state index < -0.39 is 18.8 Å². The molecule has 0 radical (unpaired) electrons. The van der Waals surface area contributed by atoms with E-state index in [2.05, 4.69) is 4.74 Å². The van der Waals surface area contributed by atoms with Crippen LogP contribution >= 0.6 is 11.3 Å². The van der Waals surface area contributed by atoms with E-state index in [1.807, 2.05) is 13.8 Å². The SMILES string of the molecule is CC(C)c1cc(OCCCOCC(F)(F)F)c(C(=O)O)s1. The third-order valence-corrected chi connectivity index (χ3v) is 3.84. The topological polar surface area (TPSA) is 55.8 Å². The average molecular weight is 326 g/mol. The summed E-state index contributed by atoms with van der Waals surface area (Å²) in [6.45, 7) is 2.59. The van der Waals surface area contributed by atoms with Crippen LogP contribution < -0.4 is 4.74 Å². The van der Waals surface area contributed by atoms with Crippen molar-refractivity contribution < 1.29 is 32.5 Å². The maximum absolute atomic E-state index is 11.8. The molecule has 0 fully saturated rings. The molecule has 4 nitrogen and oxygen atoms in total. The standard InChI is InChI=1S/C13H17F3O4S/c1-8(2)10-6-9(11(21-10)12(17)18)20-5-3-4-19-7-13(14,15)16/h6,8H,3-5,7H2,1-2H3,(H,17,18). The summed E-state index contributed by atoms with van der Waals surface area (Å²) >= 11 is 1.14. The van der Waals surface area contributed by atoms with Crippen LogP contribution in [0.1, 0.15) is 40.7 Å². The Labute approximate surface area is 124 Å². The van der Waals surface area contributed by atoms with E-state index in [-0.39, 0.29) is 36.2 Å². The summed E-state index contributed by atoms with van der Waals surface area (Å²) in [6, 6.07) is 1.66. The fourth-order valence-electron chi connectivity index (χ4n) is 1.46. The lowest BCUT2D eigenvalue weighted by atomic mass is 10.2. The van der Waals surface area contributed by atoms with Gasteiger partial charge in [-0.1, -0.05) is 13.8 Å². The quantitative estimate of drug-likeness (QED) is 0.736. The van der Waals surface area contributed by atoms with E-state index in [1.165, 1.54) is 0 Å². The second-order valence-corrected chi connectivity index (χ2v) is 5.76. The van der Waals surface area contributed by atoms with Gasteiger partial charge in [0.25, 0.3) is 0 Å². The number of alkyl halides is 3. The van der Waals surface area contributed by atoms with Crippen LogP contribution in [0.2, 0.25) is 0 Å². The Hall–Kier alpha value is -1.28. The van der Waals surface area contributed by atoms with Gasteiger partial charge in [0.15, 0.2) is 4.88 Å². The summed E-state index contributed by atoms with van der Waals surface area (Å²) in [6.07, 6.45) is -4.08. The number of hydrogen-bond donors (Lipinski definition) is 1. The van der Waals surface area contributed by atoms with Gasteiger partial charge in [-0.3, -0.25) is 0 Å². The molecule has 1 rings (SSSR count). The van der Waals surface area contributed by atoms with Gasteiger partial charge in [-0.05, 0) is 12.0 Å². The molecule has 1 heterocycles. The maximum Gasteiger partial charge on any atom is 0.411 e. The third kappa shape index (κ3) is 6.34. The van der Waals surface area contributed by atoms with Crippen molar-refractivity contribution in [2.75, 3.05) is 19.8 Å². The Kier molecular flexibility index (Phi) is 6.47. The fraction of sp³-hybridized carbons (Fsp3) is 0.615. The number of carbonyl (C=O) groups is 1. The molecule has 0 atom stereocenters. The number of hydrogen-bond acceptors (Lipinski definition) is 4. The highest BCUT2D eigenvalue weighted by atomic mass is 32.1. The number of halogens is 3. The molecule has 120 valence electrons.